The minimum atomic E-state index is -4.37. The van der Waals surface area contributed by atoms with Gasteiger partial charge in [0.15, 0.2) is 29.9 Å². The molecule has 5 aliphatic rings. The second-order valence-electron chi connectivity index (χ2n) is 10.7. The molecule has 7 N–H and O–H groups in total. The van der Waals surface area contributed by atoms with E-state index >= 15 is 4.39 Å². The zero-order chi connectivity index (χ0) is 31.8. The third-order valence-corrected chi connectivity index (χ3v) is 11.1. The lowest BCUT2D eigenvalue weighted by atomic mass is 10.1. The van der Waals surface area contributed by atoms with Crippen LogP contribution in [0.15, 0.2) is 17.5 Å². The molecule has 2 bridgehead atoms. The van der Waals surface area contributed by atoms with Crippen molar-refractivity contribution in [1.82, 2.24) is 30.1 Å². The summed E-state index contributed by atoms with van der Waals surface area (Å²) in [4.78, 5) is 36.8. The number of anilines is 1. The average molecular weight is 714 g/mol. The van der Waals surface area contributed by atoms with Crippen molar-refractivity contribution in [3.05, 3.63) is 18.3 Å². The number of nitrogens with two attached hydrogens (primary N) is 2. The van der Waals surface area contributed by atoms with Gasteiger partial charge in [0.1, 0.15) is 49.1 Å². The molecule has 2 aromatic heterocycles. The Balaban J connectivity index is 1.15. The van der Waals surface area contributed by atoms with Crippen molar-refractivity contribution in [1.29, 1.82) is 0 Å². The van der Waals surface area contributed by atoms with E-state index < -0.39 is 100.0 Å². The number of thiol groups is 1. The molecular weight excluding hydrogens is 686 g/mol. The number of halogens is 2. The molecule has 2 aromatic rings. The van der Waals surface area contributed by atoms with E-state index in [1.807, 2.05) is 0 Å². The highest BCUT2D eigenvalue weighted by molar-refractivity contribution is 8.44. The number of carbonyl (C=O) groups is 1. The lowest BCUT2D eigenvalue weighted by molar-refractivity contribution is -0.130. The lowest BCUT2D eigenvalue weighted by Gasteiger charge is -2.39. The van der Waals surface area contributed by atoms with E-state index in [-0.39, 0.29) is 23.3 Å². The monoisotopic (exact) mass is 713 g/mol. The van der Waals surface area contributed by atoms with E-state index in [2.05, 4.69) is 37.8 Å². The molecule has 45 heavy (non-hydrogen) atoms. The molecular formula is C21H27F2N9O9P2S2. The maximum Gasteiger partial charge on any atom is 0.386 e. The Kier molecular flexibility index (Phi) is 8.20. The number of ether oxygens (including phenoxy) is 2. The van der Waals surface area contributed by atoms with Crippen LogP contribution in [0.3, 0.4) is 0 Å². The summed E-state index contributed by atoms with van der Waals surface area (Å²) in [5.41, 5.74) is 11.8. The standard InChI is InChI=1S/C21H27F2N9O9P2S2/c22-7-2-31(17-12(7)16(24)26-5-27-17)11-1-8-9(38-11)3-36-43(35,45)41-15-13(23)10(4-37-42(34,44)40-8)39-20(15)32-6-28-14-18(32)29-21(25)30-19(14)33/h2,5-6,8-11,13-15,18,20-21,29H,1,3-4,25H2,(H,30,33)(H,34,44)(H,35,45)(H2,24,26,27)/t8-,9+,10+,11+,13+,14?,15+,18?,20+,21?,42?,43?/m0/s1. The van der Waals surface area contributed by atoms with Crippen LogP contribution in [0.5, 0.6) is 0 Å². The minimum absolute atomic E-state index is 0.0167. The molecule has 7 rings (SSSR count). The lowest BCUT2D eigenvalue weighted by Crippen LogP contribution is -2.70. The predicted molar refractivity (Wildman–Crippen MR) is 156 cm³/mol. The smallest absolute Gasteiger partial charge is 0.383 e. The van der Waals surface area contributed by atoms with Crippen LogP contribution in [0.4, 0.5) is 14.6 Å². The van der Waals surface area contributed by atoms with Crippen molar-refractivity contribution < 1.29 is 50.6 Å². The summed E-state index contributed by atoms with van der Waals surface area (Å²) in [6.07, 6.45) is -7.65. The molecule has 246 valence electrons. The SMILES string of the molecule is Nc1ncnc2c1c(F)cn2[C@H]1C[C@@H]2OP(O)(=S)OC[C@H]3O[C@@H](N4C=NC5C(=O)NC(N)NC54)[C@H](OP(=O)(S)OC[C@H]2O1)[C@@H]3F. The number of rotatable bonds is 2. The first-order valence-corrected chi connectivity index (χ1v) is 18.7. The fourth-order valence-corrected chi connectivity index (χ4v) is 8.78. The predicted octanol–water partition coefficient (Wildman–Crippen LogP) is -0.425. The minimum Gasteiger partial charge on any atom is -0.383 e. The van der Waals surface area contributed by atoms with E-state index in [1.165, 1.54) is 15.8 Å². The van der Waals surface area contributed by atoms with Gasteiger partial charge in [-0.05, 0) is 11.8 Å². The van der Waals surface area contributed by atoms with Crippen molar-refractivity contribution in [2.45, 2.75) is 68.0 Å². The van der Waals surface area contributed by atoms with Crippen LogP contribution in [-0.4, -0.2) is 105 Å². The molecule has 4 saturated heterocycles. The Hall–Kier alpha value is -1.91. The number of nitrogen functional groups attached to an aromatic ring is 1. The van der Waals surface area contributed by atoms with Gasteiger partial charge in [0.25, 0.3) is 5.91 Å². The molecule has 4 fully saturated rings. The Bertz CT molecular complexity index is 1650. The van der Waals surface area contributed by atoms with Crippen LogP contribution >= 0.6 is 25.8 Å². The number of fused-ring (bicyclic) bond motifs is 5. The molecule has 0 saturated carbocycles. The van der Waals surface area contributed by atoms with Crippen molar-refractivity contribution >= 4 is 66.7 Å². The highest BCUT2D eigenvalue weighted by Crippen LogP contribution is 2.58. The Morgan fingerprint density at radius 1 is 1.18 bits per heavy atom. The summed E-state index contributed by atoms with van der Waals surface area (Å²) in [7, 11) is 0. The Morgan fingerprint density at radius 3 is 2.76 bits per heavy atom. The summed E-state index contributed by atoms with van der Waals surface area (Å²) >= 11 is 9.28. The largest absolute Gasteiger partial charge is 0.386 e. The van der Waals surface area contributed by atoms with Crippen LogP contribution in [0, 0.1) is 5.82 Å². The number of alkyl halides is 1. The molecule has 18 nitrogen and oxygen atoms in total. The van der Waals surface area contributed by atoms with Crippen molar-refractivity contribution in [3.63, 3.8) is 0 Å². The van der Waals surface area contributed by atoms with Crippen LogP contribution in [-0.2, 0) is 48.7 Å². The number of hydrogen-bond acceptors (Lipinski definition) is 16. The normalized spacial score (nSPS) is 43.8. The first-order chi connectivity index (χ1) is 21.3. The summed E-state index contributed by atoms with van der Waals surface area (Å²) < 4.78 is 79.8. The Morgan fingerprint density at radius 2 is 1.96 bits per heavy atom. The molecule has 1 amide bonds. The van der Waals surface area contributed by atoms with Gasteiger partial charge in [-0.15, -0.1) is 0 Å². The third kappa shape index (κ3) is 5.90. The zero-order valence-electron chi connectivity index (χ0n) is 22.7. The number of aliphatic imine (C=N–C) groups is 1. The number of hydrogen-bond donors (Lipinski definition) is 6. The number of nitrogens with one attached hydrogen (secondary N) is 2. The molecule has 0 aliphatic carbocycles. The number of aromatic nitrogens is 3. The quantitative estimate of drug-likeness (QED) is 0.171. The average Bonchev–Trinajstić information content (AvgIpc) is 3.71. The summed E-state index contributed by atoms with van der Waals surface area (Å²) in [6.45, 7) is -9.56. The van der Waals surface area contributed by atoms with Gasteiger partial charge in [-0.2, -0.15) is 0 Å². The van der Waals surface area contributed by atoms with Crippen molar-refractivity contribution in [3.8, 4) is 0 Å². The third-order valence-electron chi connectivity index (χ3n) is 7.87. The van der Waals surface area contributed by atoms with Gasteiger partial charge in [-0.3, -0.25) is 29.9 Å². The fraction of sp³-hybridized carbons (Fsp3) is 0.619. The second kappa shape index (κ2) is 11.7. The van der Waals surface area contributed by atoms with E-state index in [0.717, 1.165) is 12.5 Å². The number of nitrogens with zero attached hydrogens (tertiary/aromatic N) is 5. The van der Waals surface area contributed by atoms with Crippen molar-refractivity contribution in [2.24, 2.45) is 10.7 Å². The van der Waals surface area contributed by atoms with E-state index in [0.29, 0.717) is 0 Å². The van der Waals surface area contributed by atoms with E-state index in [4.69, 9.17) is 50.8 Å². The summed E-state index contributed by atoms with van der Waals surface area (Å²) in [5.74, 6) is -1.25. The first kappa shape index (κ1) is 31.7. The first-order valence-electron chi connectivity index (χ1n) is 13.5. The summed E-state index contributed by atoms with van der Waals surface area (Å²) in [6, 6.07) is -0.942. The topological polar surface area (TPSA) is 232 Å². The highest BCUT2D eigenvalue weighted by atomic mass is 32.7. The van der Waals surface area contributed by atoms with Crippen LogP contribution in [0.25, 0.3) is 11.0 Å². The highest BCUT2D eigenvalue weighted by Gasteiger charge is 2.56. The van der Waals surface area contributed by atoms with Gasteiger partial charge < -0.3 is 43.9 Å². The van der Waals surface area contributed by atoms with Gasteiger partial charge >= 0.3 is 13.5 Å². The molecule has 5 unspecified atom stereocenters. The van der Waals surface area contributed by atoms with Crippen LogP contribution in [0.2, 0.25) is 0 Å². The van der Waals surface area contributed by atoms with Gasteiger partial charge in [0.05, 0.1) is 31.0 Å². The number of carbonyl (C=O) groups excluding carboxylic acids is 1. The molecule has 0 aromatic carbocycles. The zero-order valence-corrected chi connectivity index (χ0v) is 26.2. The molecule has 0 spiro atoms. The van der Waals surface area contributed by atoms with E-state index in [1.54, 1.807) is 0 Å². The van der Waals surface area contributed by atoms with Gasteiger partial charge in [0.2, 0.25) is 0 Å². The number of amides is 1. The van der Waals surface area contributed by atoms with Gasteiger partial charge in [-0.1, -0.05) is 12.2 Å². The summed E-state index contributed by atoms with van der Waals surface area (Å²) in [5, 5.41) is 5.39. The van der Waals surface area contributed by atoms with Crippen LogP contribution < -0.4 is 22.1 Å². The molecule has 24 heteroatoms. The molecule has 5 aliphatic heterocycles. The Labute approximate surface area is 263 Å². The maximum absolute atomic E-state index is 15.9. The second-order valence-corrected chi connectivity index (χ2v) is 16.4. The molecule has 12 atom stereocenters. The van der Waals surface area contributed by atoms with Crippen LogP contribution in [0.1, 0.15) is 12.6 Å². The van der Waals surface area contributed by atoms with Gasteiger partial charge in [-0.25, -0.2) is 23.3 Å². The van der Waals surface area contributed by atoms with Crippen molar-refractivity contribution in [2.75, 3.05) is 18.9 Å². The maximum atomic E-state index is 15.9. The van der Waals surface area contributed by atoms with E-state index in [9.17, 15) is 18.6 Å². The molecule has 7 heterocycles. The fourth-order valence-electron chi connectivity index (χ4n) is 5.86. The molecule has 0 radical (unpaired) electrons. The van der Waals surface area contributed by atoms with Gasteiger partial charge in [0, 0.05) is 12.6 Å².